The number of rotatable bonds is 0. The molecule has 2 heteroatoms. The molecular formula is C24H16O2. The van der Waals surface area contributed by atoms with Crippen LogP contribution in [0.5, 0.6) is 23.0 Å². The van der Waals surface area contributed by atoms with Crippen molar-refractivity contribution in [3.8, 4) is 45.3 Å². The van der Waals surface area contributed by atoms with Crippen LogP contribution in [0.15, 0.2) is 60.7 Å². The van der Waals surface area contributed by atoms with E-state index in [1.807, 2.05) is 12.1 Å². The number of hydrogen-bond donors (Lipinski definition) is 0. The van der Waals surface area contributed by atoms with Gasteiger partial charge in [0.25, 0.3) is 0 Å². The summed E-state index contributed by atoms with van der Waals surface area (Å²) in [6.07, 6.45) is 0. The van der Waals surface area contributed by atoms with Crippen LogP contribution in [0.3, 0.4) is 0 Å². The van der Waals surface area contributed by atoms with Crippen molar-refractivity contribution in [2.24, 2.45) is 0 Å². The number of aryl methyl sites for hydroxylation is 2. The second-order valence-electron chi connectivity index (χ2n) is 7.18. The molecule has 0 saturated heterocycles. The summed E-state index contributed by atoms with van der Waals surface area (Å²) in [7, 11) is 0. The first-order chi connectivity index (χ1) is 12.7. The molecule has 0 saturated carbocycles. The van der Waals surface area contributed by atoms with Gasteiger partial charge in [-0.2, -0.15) is 0 Å². The lowest BCUT2D eigenvalue weighted by molar-refractivity contribution is 0.475. The highest BCUT2D eigenvalue weighted by Crippen LogP contribution is 2.54. The van der Waals surface area contributed by atoms with Crippen LogP contribution in [0.4, 0.5) is 0 Å². The van der Waals surface area contributed by atoms with E-state index >= 15 is 0 Å². The monoisotopic (exact) mass is 336 g/mol. The number of ether oxygens (including phenoxy) is 2. The third kappa shape index (κ3) is 1.71. The van der Waals surface area contributed by atoms with Gasteiger partial charge >= 0.3 is 0 Å². The van der Waals surface area contributed by atoms with E-state index in [9.17, 15) is 0 Å². The van der Waals surface area contributed by atoms with Gasteiger partial charge in [-0.25, -0.2) is 0 Å². The Morgan fingerprint density at radius 3 is 1.35 bits per heavy atom. The Hall–Kier alpha value is -3.26. The van der Waals surface area contributed by atoms with E-state index in [0.29, 0.717) is 0 Å². The Morgan fingerprint density at radius 2 is 0.885 bits per heavy atom. The molecule has 0 aromatic heterocycles. The van der Waals surface area contributed by atoms with Crippen molar-refractivity contribution in [3.05, 3.63) is 71.8 Å². The van der Waals surface area contributed by atoms with Gasteiger partial charge in [-0.15, -0.1) is 0 Å². The van der Waals surface area contributed by atoms with Crippen molar-refractivity contribution in [2.45, 2.75) is 13.8 Å². The zero-order valence-electron chi connectivity index (χ0n) is 14.6. The highest BCUT2D eigenvalue weighted by atomic mass is 16.5. The lowest BCUT2D eigenvalue weighted by Crippen LogP contribution is -2.02. The Morgan fingerprint density at radius 1 is 0.462 bits per heavy atom. The van der Waals surface area contributed by atoms with E-state index in [4.69, 9.17) is 9.47 Å². The summed E-state index contributed by atoms with van der Waals surface area (Å²) < 4.78 is 12.5. The van der Waals surface area contributed by atoms with E-state index in [1.54, 1.807) is 0 Å². The first-order valence-corrected chi connectivity index (χ1v) is 8.86. The van der Waals surface area contributed by atoms with Crippen LogP contribution >= 0.6 is 0 Å². The van der Waals surface area contributed by atoms with Crippen LogP contribution in [0.2, 0.25) is 0 Å². The van der Waals surface area contributed by atoms with Gasteiger partial charge < -0.3 is 9.47 Å². The molecule has 0 spiro atoms. The average molecular weight is 336 g/mol. The number of fused-ring (bicyclic) bond motifs is 4. The molecule has 124 valence electrons. The van der Waals surface area contributed by atoms with E-state index in [0.717, 1.165) is 44.9 Å². The summed E-state index contributed by atoms with van der Waals surface area (Å²) in [5.74, 6) is 3.65. The molecule has 2 aliphatic heterocycles. The normalized spacial score (nSPS) is 12.8. The van der Waals surface area contributed by atoms with E-state index in [2.05, 4.69) is 62.4 Å². The molecule has 4 aromatic rings. The zero-order valence-corrected chi connectivity index (χ0v) is 14.6. The van der Waals surface area contributed by atoms with Crippen LogP contribution < -0.4 is 9.47 Å². The highest BCUT2D eigenvalue weighted by molar-refractivity contribution is 6.14. The average Bonchev–Trinajstić information content (AvgIpc) is 2.64. The fourth-order valence-corrected chi connectivity index (χ4v) is 4.16. The van der Waals surface area contributed by atoms with E-state index < -0.39 is 0 Å². The zero-order chi connectivity index (χ0) is 17.4. The minimum absolute atomic E-state index is 0.901. The molecule has 2 nitrogen and oxygen atoms in total. The molecule has 0 radical (unpaired) electrons. The predicted octanol–water partition coefficient (Wildman–Crippen LogP) is 7.00. The van der Waals surface area contributed by atoms with Crippen LogP contribution in [0.1, 0.15) is 11.1 Å². The number of benzene rings is 4. The molecule has 26 heavy (non-hydrogen) atoms. The van der Waals surface area contributed by atoms with Gasteiger partial charge in [-0.05, 0) is 60.4 Å². The minimum atomic E-state index is 0.901. The van der Waals surface area contributed by atoms with Gasteiger partial charge in [0, 0.05) is 21.9 Å². The van der Waals surface area contributed by atoms with E-state index in [-0.39, 0.29) is 0 Å². The Kier molecular flexibility index (Phi) is 2.51. The molecule has 0 unspecified atom stereocenters. The SMILES string of the molecule is Cc1ccc2c(c1)Oc1ccc3c4c(ccc-2c14)-c1ccc(C)cc1O3. The van der Waals surface area contributed by atoms with Gasteiger partial charge in [0.15, 0.2) is 0 Å². The quantitative estimate of drug-likeness (QED) is 0.297. The van der Waals surface area contributed by atoms with Crippen molar-refractivity contribution >= 4 is 10.8 Å². The maximum absolute atomic E-state index is 6.26. The second-order valence-corrected chi connectivity index (χ2v) is 7.18. The maximum atomic E-state index is 6.26. The topological polar surface area (TPSA) is 18.5 Å². The summed E-state index contributed by atoms with van der Waals surface area (Å²) in [5.41, 5.74) is 7.10. The van der Waals surface area contributed by atoms with Crippen molar-refractivity contribution in [1.82, 2.24) is 0 Å². The molecule has 6 rings (SSSR count). The van der Waals surface area contributed by atoms with Crippen molar-refractivity contribution in [1.29, 1.82) is 0 Å². The fraction of sp³-hybridized carbons (Fsp3) is 0.0833. The van der Waals surface area contributed by atoms with Gasteiger partial charge in [0.05, 0.1) is 0 Å². The molecule has 2 aliphatic rings. The van der Waals surface area contributed by atoms with Crippen molar-refractivity contribution < 1.29 is 9.47 Å². The molecule has 4 aromatic carbocycles. The Balaban J connectivity index is 1.74. The first-order valence-electron chi connectivity index (χ1n) is 8.86. The van der Waals surface area contributed by atoms with Crippen LogP contribution in [-0.4, -0.2) is 0 Å². The molecule has 0 atom stereocenters. The standard InChI is InChI=1S/C24H16O2/c1-13-3-5-15-17-7-8-18-16-6-4-14(2)12-22(16)26-20-10-9-19(23(17)24(18)20)25-21(15)11-13/h3-12H,1-2H3. The smallest absolute Gasteiger partial charge is 0.136 e. The summed E-state index contributed by atoms with van der Waals surface area (Å²) >= 11 is 0. The van der Waals surface area contributed by atoms with Crippen LogP contribution in [0, 0.1) is 13.8 Å². The minimum Gasteiger partial charge on any atom is -0.456 e. The summed E-state index contributed by atoms with van der Waals surface area (Å²) in [5, 5.41) is 2.28. The van der Waals surface area contributed by atoms with Crippen LogP contribution in [0.25, 0.3) is 33.0 Å². The van der Waals surface area contributed by atoms with Gasteiger partial charge in [-0.1, -0.05) is 36.4 Å². The number of hydrogen-bond acceptors (Lipinski definition) is 2. The first kappa shape index (κ1) is 14.0. The maximum Gasteiger partial charge on any atom is 0.136 e. The Bertz CT molecular complexity index is 1150. The van der Waals surface area contributed by atoms with E-state index in [1.165, 1.54) is 22.3 Å². The van der Waals surface area contributed by atoms with Crippen LogP contribution in [-0.2, 0) is 0 Å². The highest BCUT2D eigenvalue weighted by Gasteiger charge is 2.27. The van der Waals surface area contributed by atoms with Gasteiger partial charge in [-0.3, -0.25) is 0 Å². The lowest BCUT2D eigenvalue weighted by Gasteiger charge is -2.27. The third-order valence-electron chi connectivity index (χ3n) is 5.38. The van der Waals surface area contributed by atoms with Gasteiger partial charge in [0.2, 0.25) is 0 Å². The molecule has 0 bridgehead atoms. The lowest BCUT2D eigenvalue weighted by atomic mass is 9.87. The largest absolute Gasteiger partial charge is 0.456 e. The van der Waals surface area contributed by atoms with Crippen molar-refractivity contribution in [2.75, 3.05) is 0 Å². The summed E-state index contributed by atoms with van der Waals surface area (Å²) in [4.78, 5) is 0. The van der Waals surface area contributed by atoms with Gasteiger partial charge in [0.1, 0.15) is 23.0 Å². The molecule has 0 aliphatic carbocycles. The Labute approximate surface area is 151 Å². The summed E-state index contributed by atoms with van der Waals surface area (Å²) in [6, 6.07) is 21.3. The third-order valence-corrected chi connectivity index (χ3v) is 5.38. The molecule has 0 amide bonds. The molecule has 2 heterocycles. The molecular weight excluding hydrogens is 320 g/mol. The predicted molar refractivity (Wildman–Crippen MR) is 104 cm³/mol. The molecule has 0 N–H and O–H groups in total. The molecule has 0 fully saturated rings. The van der Waals surface area contributed by atoms with Crippen molar-refractivity contribution in [3.63, 3.8) is 0 Å². The fourth-order valence-electron chi connectivity index (χ4n) is 4.16. The second kappa shape index (κ2) is 4.67. The summed E-state index contributed by atoms with van der Waals surface area (Å²) in [6.45, 7) is 4.18.